The van der Waals surface area contributed by atoms with E-state index in [-0.39, 0.29) is 18.0 Å². The maximum Gasteiger partial charge on any atom is 0.255 e. The lowest BCUT2D eigenvalue weighted by molar-refractivity contribution is -0.116. The summed E-state index contributed by atoms with van der Waals surface area (Å²) in [4.78, 5) is 29.7. The summed E-state index contributed by atoms with van der Waals surface area (Å²) in [6.07, 6.45) is 0. The zero-order chi connectivity index (χ0) is 22.5. The van der Waals surface area contributed by atoms with Crippen LogP contribution in [-0.2, 0) is 11.3 Å². The van der Waals surface area contributed by atoms with Crippen molar-refractivity contribution in [3.63, 3.8) is 0 Å². The van der Waals surface area contributed by atoms with Crippen LogP contribution in [0.2, 0.25) is 0 Å². The van der Waals surface area contributed by atoms with Crippen molar-refractivity contribution >= 4 is 23.2 Å². The average Bonchev–Trinajstić information content (AvgIpc) is 2.69. The van der Waals surface area contributed by atoms with Gasteiger partial charge in [0.1, 0.15) is 6.54 Å². The summed E-state index contributed by atoms with van der Waals surface area (Å²) in [6.45, 7) is 5.52. The number of carbonyl (C=O) groups excluding carboxylic acids is 1. The fourth-order valence-electron chi connectivity index (χ4n) is 3.30. The number of nitrogens with zero attached hydrogens (tertiary/aromatic N) is 2. The molecule has 3 aromatic rings. The number of anilines is 3. The van der Waals surface area contributed by atoms with Gasteiger partial charge < -0.3 is 20.1 Å². The second-order valence-electron chi connectivity index (χ2n) is 7.26. The number of methoxy groups -OCH3 is 2. The van der Waals surface area contributed by atoms with E-state index in [1.165, 1.54) is 24.9 Å². The van der Waals surface area contributed by atoms with Gasteiger partial charge >= 0.3 is 0 Å². The van der Waals surface area contributed by atoms with Gasteiger partial charge in [-0.25, -0.2) is 4.98 Å². The zero-order valence-electron chi connectivity index (χ0n) is 18.3. The second kappa shape index (κ2) is 9.34. The third-order valence-electron chi connectivity index (χ3n) is 4.58. The number of nitrogens with one attached hydrogen (secondary N) is 2. The Morgan fingerprint density at radius 3 is 2.26 bits per heavy atom. The molecule has 8 heteroatoms. The van der Waals surface area contributed by atoms with Crippen LogP contribution in [0.25, 0.3) is 0 Å². The third-order valence-corrected chi connectivity index (χ3v) is 4.58. The van der Waals surface area contributed by atoms with Gasteiger partial charge in [-0.2, -0.15) is 0 Å². The monoisotopic (exact) mass is 422 g/mol. The summed E-state index contributed by atoms with van der Waals surface area (Å²) in [7, 11) is 3.06. The SMILES string of the molecule is COc1ccc(NC(=O)Cn2c(Nc3cc(C)cc(C)c3)nc(C)cc2=O)cc1OC. The Morgan fingerprint density at radius 1 is 0.935 bits per heavy atom. The van der Waals surface area contributed by atoms with E-state index in [0.717, 1.165) is 16.8 Å². The highest BCUT2D eigenvalue weighted by Gasteiger charge is 2.13. The van der Waals surface area contributed by atoms with E-state index in [1.807, 2.05) is 26.0 Å². The van der Waals surface area contributed by atoms with E-state index in [4.69, 9.17) is 9.47 Å². The van der Waals surface area contributed by atoms with Crippen LogP contribution in [-0.4, -0.2) is 29.7 Å². The van der Waals surface area contributed by atoms with E-state index in [2.05, 4.69) is 21.7 Å². The molecule has 0 spiro atoms. The molecule has 0 aliphatic heterocycles. The Kier molecular flexibility index (Phi) is 6.59. The van der Waals surface area contributed by atoms with E-state index < -0.39 is 0 Å². The number of ether oxygens (including phenoxy) is 2. The molecular formula is C23H26N4O4. The smallest absolute Gasteiger partial charge is 0.255 e. The van der Waals surface area contributed by atoms with Crippen LogP contribution in [0.4, 0.5) is 17.3 Å². The van der Waals surface area contributed by atoms with Gasteiger partial charge in [0.2, 0.25) is 11.9 Å². The zero-order valence-corrected chi connectivity index (χ0v) is 18.3. The van der Waals surface area contributed by atoms with Gasteiger partial charge in [0.25, 0.3) is 5.56 Å². The minimum Gasteiger partial charge on any atom is -0.493 e. The maximum atomic E-state index is 12.7. The van der Waals surface area contributed by atoms with Crippen molar-refractivity contribution in [3.8, 4) is 11.5 Å². The molecule has 2 N–H and O–H groups in total. The summed E-state index contributed by atoms with van der Waals surface area (Å²) in [5.74, 6) is 0.979. The molecule has 31 heavy (non-hydrogen) atoms. The Balaban J connectivity index is 1.85. The highest BCUT2D eigenvalue weighted by atomic mass is 16.5. The molecule has 0 fully saturated rings. The molecule has 1 amide bonds. The molecule has 0 saturated heterocycles. The molecule has 0 atom stereocenters. The predicted molar refractivity (Wildman–Crippen MR) is 121 cm³/mol. The van der Waals surface area contributed by atoms with E-state index in [9.17, 15) is 9.59 Å². The molecule has 0 unspecified atom stereocenters. The Hall–Kier alpha value is -3.81. The normalized spacial score (nSPS) is 10.5. The van der Waals surface area contributed by atoms with Gasteiger partial charge in [-0.3, -0.25) is 14.2 Å². The number of aryl methyl sites for hydroxylation is 3. The number of amides is 1. The average molecular weight is 422 g/mol. The number of hydrogen-bond acceptors (Lipinski definition) is 6. The predicted octanol–water partition coefficient (Wildman–Crippen LogP) is 3.57. The molecule has 162 valence electrons. The standard InChI is InChI=1S/C23H26N4O4/c1-14-8-15(2)10-18(9-14)26-23-24-16(3)11-22(29)27(23)13-21(28)25-17-6-7-19(30-4)20(12-17)31-5/h6-12H,13H2,1-5H3,(H,24,26)(H,25,28). The Morgan fingerprint density at radius 2 is 1.61 bits per heavy atom. The number of benzene rings is 2. The van der Waals surface area contributed by atoms with Gasteiger partial charge in [-0.05, 0) is 56.2 Å². The molecule has 3 rings (SSSR count). The van der Waals surface area contributed by atoms with Gasteiger partial charge in [-0.1, -0.05) is 6.07 Å². The quantitative estimate of drug-likeness (QED) is 0.605. The number of carbonyl (C=O) groups is 1. The van der Waals surface area contributed by atoms with Crippen molar-refractivity contribution in [1.82, 2.24) is 9.55 Å². The first-order valence-electron chi connectivity index (χ1n) is 9.74. The lowest BCUT2D eigenvalue weighted by Crippen LogP contribution is -2.30. The molecule has 1 aromatic heterocycles. The van der Waals surface area contributed by atoms with Crippen LogP contribution in [0.5, 0.6) is 11.5 Å². The Labute approximate surface area is 180 Å². The van der Waals surface area contributed by atoms with Crippen LogP contribution in [0.3, 0.4) is 0 Å². The van der Waals surface area contributed by atoms with Crippen LogP contribution in [0, 0.1) is 20.8 Å². The van der Waals surface area contributed by atoms with Crippen molar-refractivity contribution in [1.29, 1.82) is 0 Å². The largest absolute Gasteiger partial charge is 0.493 e. The molecule has 0 aliphatic carbocycles. The summed E-state index contributed by atoms with van der Waals surface area (Å²) in [5, 5.41) is 5.95. The number of rotatable bonds is 7. The van der Waals surface area contributed by atoms with Crippen molar-refractivity contribution in [2.45, 2.75) is 27.3 Å². The molecule has 0 saturated carbocycles. The number of hydrogen-bond donors (Lipinski definition) is 2. The first-order valence-corrected chi connectivity index (χ1v) is 9.74. The van der Waals surface area contributed by atoms with E-state index >= 15 is 0 Å². The molecule has 8 nitrogen and oxygen atoms in total. The first-order chi connectivity index (χ1) is 14.8. The summed E-state index contributed by atoms with van der Waals surface area (Å²) in [6, 6.07) is 12.4. The van der Waals surface area contributed by atoms with Crippen LogP contribution in [0.1, 0.15) is 16.8 Å². The van der Waals surface area contributed by atoms with E-state index in [1.54, 1.807) is 25.1 Å². The molecule has 0 radical (unpaired) electrons. The highest BCUT2D eigenvalue weighted by Crippen LogP contribution is 2.29. The van der Waals surface area contributed by atoms with E-state index in [0.29, 0.717) is 28.8 Å². The van der Waals surface area contributed by atoms with Gasteiger partial charge in [0.15, 0.2) is 11.5 Å². The molecule has 2 aromatic carbocycles. The summed E-state index contributed by atoms with van der Waals surface area (Å²) < 4.78 is 11.8. The van der Waals surface area contributed by atoms with Crippen molar-refractivity contribution in [2.75, 3.05) is 24.9 Å². The van der Waals surface area contributed by atoms with Crippen molar-refractivity contribution in [2.24, 2.45) is 0 Å². The second-order valence-corrected chi connectivity index (χ2v) is 7.26. The van der Waals surface area contributed by atoms with Gasteiger partial charge in [-0.15, -0.1) is 0 Å². The minimum absolute atomic E-state index is 0.201. The topological polar surface area (TPSA) is 94.5 Å². The molecular weight excluding hydrogens is 396 g/mol. The van der Waals surface area contributed by atoms with Crippen molar-refractivity contribution in [3.05, 3.63) is 69.6 Å². The van der Waals surface area contributed by atoms with Crippen LogP contribution in [0.15, 0.2) is 47.3 Å². The third kappa shape index (κ3) is 5.42. The van der Waals surface area contributed by atoms with Gasteiger partial charge in [0.05, 0.1) is 14.2 Å². The van der Waals surface area contributed by atoms with Crippen LogP contribution < -0.4 is 25.7 Å². The number of aromatic nitrogens is 2. The minimum atomic E-state index is -0.372. The molecule has 1 heterocycles. The first kappa shape index (κ1) is 21.9. The Bertz CT molecular complexity index is 1150. The van der Waals surface area contributed by atoms with Gasteiger partial charge in [0, 0.05) is 29.2 Å². The fourth-order valence-corrected chi connectivity index (χ4v) is 3.30. The lowest BCUT2D eigenvalue weighted by Gasteiger charge is -2.15. The summed E-state index contributed by atoms with van der Waals surface area (Å²) >= 11 is 0. The molecule has 0 bridgehead atoms. The van der Waals surface area contributed by atoms with Crippen molar-refractivity contribution < 1.29 is 14.3 Å². The van der Waals surface area contributed by atoms with Crippen LogP contribution >= 0.6 is 0 Å². The fraction of sp³-hybridized carbons (Fsp3) is 0.261. The lowest BCUT2D eigenvalue weighted by atomic mass is 10.1. The maximum absolute atomic E-state index is 12.7. The summed E-state index contributed by atoms with van der Waals surface area (Å²) in [5.41, 5.74) is 3.73. The highest BCUT2D eigenvalue weighted by molar-refractivity contribution is 5.91. The molecule has 0 aliphatic rings.